The Morgan fingerprint density at radius 3 is 2.44 bits per heavy atom. The molecule has 4 nitrogen and oxygen atoms in total. The van der Waals surface area contributed by atoms with E-state index in [0.29, 0.717) is 12.5 Å². The third-order valence-electron chi connectivity index (χ3n) is 3.98. The van der Waals surface area contributed by atoms with Gasteiger partial charge in [0.1, 0.15) is 0 Å². The van der Waals surface area contributed by atoms with Crippen molar-refractivity contribution in [2.45, 2.75) is 38.6 Å². The van der Waals surface area contributed by atoms with Gasteiger partial charge in [0.2, 0.25) is 0 Å². The topological polar surface area (TPSA) is 58.9 Å². The summed E-state index contributed by atoms with van der Waals surface area (Å²) >= 11 is 0. The van der Waals surface area contributed by atoms with Gasteiger partial charge in [0.15, 0.2) is 5.79 Å². The summed E-state index contributed by atoms with van der Waals surface area (Å²) in [7, 11) is 0. The summed E-state index contributed by atoms with van der Waals surface area (Å²) in [6.07, 6.45) is 2.07. The fraction of sp³-hybridized carbons (Fsp3) is 1.00. The summed E-state index contributed by atoms with van der Waals surface area (Å²) in [5.41, 5.74) is 0. The van der Waals surface area contributed by atoms with Crippen molar-refractivity contribution in [3.05, 3.63) is 0 Å². The van der Waals surface area contributed by atoms with Crippen molar-refractivity contribution < 1.29 is 19.7 Å². The molecule has 0 amide bonds. The molecular weight excluding hydrogens is 208 g/mol. The summed E-state index contributed by atoms with van der Waals surface area (Å²) in [4.78, 5) is 0. The van der Waals surface area contributed by atoms with Gasteiger partial charge in [-0.1, -0.05) is 0 Å². The minimum absolute atomic E-state index is 0.0729. The molecule has 1 heterocycles. The second-order valence-electron chi connectivity index (χ2n) is 5.40. The molecule has 1 aliphatic heterocycles. The molecule has 4 heteroatoms. The molecule has 4 atom stereocenters. The van der Waals surface area contributed by atoms with Crippen LogP contribution in [0.25, 0.3) is 0 Å². The van der Waals surface area contributed by atoms with Crippen molar-refractivity contribution in [2.24, 2.45) is 17.8 Å². The highest BCUT2D eigenvalue weighted by molar-refractivity contribution is 4.91. The third-order valence-corrected chi connectivity index (χ3v) is 3.98. The van der Waals surface area contributed by atoms with Gasteiger partial charge in [-0.25, -0.2) is 0 Å². The van der Waals surface area contributed by atoms with Gasteiger partial charge in [-0.05, 0) is 44.4 Å². The van der Waals surface area contributed by atoms with E-state index in [9.17, 15) is 10.2 Å². The second-order valence-corrected chi connectivity index (χ2v) is 5.40. The van der Waals surface area contributed by atoms with Crippen LogP contribution in [0, 0.1) is 17.8 Å². The van der Waals surface area contributed by atoms with Crippen molar-refractivity contribution in [3.63, 3.8) is 0 Å². The van der Waals surface area contributed by atoms with Crippen LogP contribution in [0.1, 0.15) is 26.7 Å². The van der Waals surface area contributed by atoms with Gasteiger partial charge in [-0.15, -0.1) is 0 Å². The van der Waals surface area contributed by atoms with Crippen LogP contribution in [0.3, 0.4) is 0 Å². The van der Waals surface area contributed by atoms with E-state index in [4.69, 9.17) is 9.47 Å². The molecule has 2 fully saturated rings. The Balaban J connectivity index is 2.00. The lowest BCUT2D eigenvalue weighted by Crippen LogP contribution is -2.32. The van der Waals surface area contributed by atoms with E-state index in [1.807, 2.05) is 13.8 Å². The first-order chi connectivity index (χ1) is 7.57. The Bertz CT molecular complexity index is 241. The molecule has 16 heavy (non-hydrogen) atoms. The molecular formula is C12H22O4. The van der Waals surface area contributed by atoms with E-state index >= 15 is 0 Å². The van der Waals surface area contributed by atoms with Crippen LogP contribution in [0.4, 0.5) is 0 Å². The van der Waals surface area contributed by atoms with Crippen LogP contribution in [0.15, 0.2) is 0 Å². The number of hydrogen-bond acceptors (Lipinski definition) is 4. The number of hydrogen-bond donors (Lipinski definition) is 2. The molecule has 1 aliphatic carbocycles. The highest BCUT2D eigenvalue weighted by Crippen LogP contribution is 2.42. The number of aliphatic hydroxyl groups is 2. The van der Waals surface area contributed by atoms with Gasteiger partial charge < -0.3 is 19.7 Å². The monoisotopic (exact) mass is 230 g/mol. The molecule has 94 valence electrons. The van der Waals surface area contributed by atoms with Crippen LogP contribution in [0.5, 0.6) is 0 Å². The molecule has 0 radical (unpaired) electrons. The standard InChI is InChI=1S/C12H22O4/c1-12(2)15-7-11(16-12)9-4-3-8(5-13)10(9)6-14/h8-11,13-14H,3-7H2,1-2H3/t8-,9+,10-,11-/m1/s1. The fourth-order valence-electron chi connectivity index (χ4n) is 3.08. The summed E-state index contributed by atoms with van der Waals surface area (Å²) in [6.45, 7) is 4.74. The molecule has 0 bridgehead atoms. The molecule has 0 unspecified atom stereocenters. The molecule has 0 aromatic rings. The zero-order valence-electron chi connectivity index (χ0n) is 10.1. The summed E-state index contributed by atoms with van der Waals surface area (Å²) in [5.74, 6) is 0.209. The SMILES string of the molecule is CC1(C)OC[C@H]([C@H]2CC[C@H](CO)[C@H]2CO)O1. The maximum absolute atomic E-state index is 9.42. The highest BCUT2D eigenvalue weighted by atomic mass is 16.7. The van der Waals surface area contributed by atoms with Crippen LogP contribution < -0.4 is 0 Å². The van der Waals surface area contributed by atoms with E-state index in [2.05, 4.69) is 0 Å². The van der Waals surface area contributed by atoms with Gasteiger partial charge in [0.05, 0.1) is 12.7 Å². The minimum atomic E-state index is -0.498. The van der Waals surface area contributed by atoms with Crippen LogP contribution >= 0.6 is 0 Å². The van der Waals surface area contributed by atoms with Crippen molar-refractivity contribution in [2.75, 3.05) is 19.8 Å². The smallest absolute Gasteiger partial charge is 0.163 e. The molecule has 1 saturated heterocycles. The lowest BCUT2D eigenvalue weighted by Gasteiger charge is -2.26. The first-order valence-electron chi connectivity index (χ1n) is 6.11. The normalized spacial score (nSPS) is 42.8. The Labute approximate surface area is 96.6 Å². The molecule has 0 spiro atoms. The van der Waals surface area contributed by atoms with Gasteiger partial charge in [0.25, 0.3) is 0 Å². The minimum Gasteiger partial charge on any atom is -0.396 e. The van der Waals surface area contributed by atoms with Gasteiger partial charge in [0, 0.05) is 13.2 Å². The zero-order chi connectivity index (χ0) is 11.8. The Morgan fingerprint density at radius 2 is 1.94 bits per heavy atom. The molecule has 0 aromatic carbocycles. The largest absolute Gasteiger partial charge is 0.396 e. The maximum atomic E-state index is 9.42. The number of rotatable bonds is 3. The Hall–Kier alpha value is -0.160. The number of aliphatic hydroxyl groups excluding tert-OH is 2. The third kappa shape index (κ3) is 2.25. The van der Waals surface area contributed by atoms with Gasteiger partial charge in [-0.2, -0.15) is 0 Å². The summed E-state index contributed by atoms with van der Waals surface area (Å²) in [5, 5.41) is 18.7. The molecule has 0 aromatic heterocycles. The van der Waals surface area contributed by atoms with Crippen molar-refractivity contribution in [1.82, 2.24) is 0 Å². The Morgan fingerprint density at radius 1 is 1.19 bits per heavy atom. The molecule has 2 aliphatic rings. The molecule has 2 N–H and O–H groups in total. The summed E-state index contributed by atoms with van der Waals surface area (Å²) < 4.78 is 11.4. The molecule has 2 rings (SSSR count). The van der Waals surface area contributed by atoms with Gasteiger partial charge >= 0.3 is 0 Å². The predicted octanol–water partition coefficient (Wildman–Crippen LogP) is 0.765. The van der Waals surface area contributed by atoms with E-state index in [0.717, 1.165) is 12.8 Å². The maximum Gasteiger partial charge on any atom is 0.163 e. The van der Waals surface area contributed by atoms with E-state index in [-0.39, 0.29) is 31.2 Å². The van der Waals surface area contributed by atoms with E-state index in [1.165, 1.54) is 0 Å². The van der Waals surface area contributed by atoms with Crippen molar-refractivity contribution in [1.29, 1.82) is 0 Å². The predicted molar refractivity (Wildman–Crippen MR) is 58.8 cm³/mol. The first-order valence-corrected chi connectivity index (χ1v) is 6.11. The second kappa shape index (κ2) is 4.61. The number of ether oxygens (including phenoxy) is 2. The van der Waals surface area contributed by atoms with E-state index in [1.54, 1.807) is 0 Å². The molecule has 1 saturated carbocycles. The fourth-order valence-corrected chi connectivity index (χ4v) is 3.08. The van der Waals surface area contributed by atoms with Crippen LogP contribution in [-0.4, -0.2) is 41.9 Å². The average Bonchev–Trinajstić information content (AvgIpc) is 2.80. The lowest BCUT2D eigenvalue weighted by atomic mass is 9.87. The quantitative estimate of drug-likeness (QED) is 0.751. The van der Waals surface area contributed by atoms with Gasteiger partial charge in [-0.3, -0.25) is 0 Å². The lowest BCUT2D eigenvalue weighted by molar-refractivity contribution is -0.147. The van der Waals surface area contributed by atoms with Crippen molar-refractivity contribution in [3.8, 4) is 0 Å². The Kier molecular flexibility index (Phi) is 3.54. The first kappa shape index (κ1) is 12.3. The average molecular weight is 230 g/mol. The van der Waals surface area contributed by atoms with Crippen LogP contribution in [-0.2, 0) is 9.47 Å². The van der Waals surface area contributed by atoms with E-state index < -0.39 is 5.79 Å². The van der Waals surface area contributed by atoms with Crippen LogP contribution in [0.2, 0.25) is 0 Å². The summed E-state index contributed by atoms with van der Waals surface area (Å²) in [6, 6.07) is 0. The highest BCUT2D eigenvalue weighted by Gasteiger charge is 2.45. The van der Waals surface area contributed by atoms with Crippen molar-refractivity contribution >= 4 is 0 Å². The zero-order valence-corrected chi connectivity index (χ0v) is 10.1.